The fourth-order valence-corrected chi connectivity index (χ4v) is 3.89. The summed E-state index contributed by atoms with van der Waals surface area (Å²) in [5, 5.41) is 3.24. The lowest BCUT2D eigenvalue weighted by atomic mass is 10.1. The lowest BCUT2D eigenvalue weighted by molar-refractivity contribution is -0.122. The van der Waals surface area contributed by atoms with E-state index in [1.807, 2.05) is 6.92 Å². The van der Waals surface area contributed by atoms with Crippen LogP contribution in [-0.2, 0) is 16.2 Å². The Hall–Kier alpha value is -3.81. The van der Waals surface area contributed by atoms with E-state index >= 15 is 0 Å². The topological polar surface area (TPSA) is 84.9 Å². The van der Waals surface area contributed by atoms with Crippen molar-refractivity contribution in [3.63, 3.8) is 0 Å². The standard InChI is InChI=1S/C27H22Cl2N2O5/c1-2-13-35-21-9-3-17(4-10-21)14-23-25(32)30-27(34)31(26(23)33)20-7-11-22(12-8-20)36-16-18-5-6-19(28)15-24(18)29/h3-12,14-15H,2,13,16H2,1H3,(H,30,32,34)/b23-14+. The van der Waals surface area contributed by atoms with Gasteiger partial charge in [0.15, 0.2) is 0 Å². The van der Waals surface area contributed by atoms with Crippen molar-refractivity contribution < 1.29 is 23.9 Å². The smallest absolute Gasteiger partial charge is 0.335 e. The Kier molecular flexibility index (Phi) is 7.93. The van der Waals surface area contributed by atoms with Gasteiger partial charge in [-0.2, -0.15) is 0 Å². The highest BCUT2D eigenvalue weighted by Crippen LogP contribution is 2.26. The summed E-state index contributed by atoms with van der Waals surface area (Å²) in [7, 11) is 0. The molecule has 0 bridgehead atoms. The van der Waals surface area contributed by atoms with Crippen LogP contribution in [0.3, 0.4) is 0 Å². The fraction of sp³-hybridized carbons (Fsp3) is 0.148. The minimum Gasteiger partial charge on any atom is -0.494 e. The van der Waals surface area contributed by atoms with Gasteiger partial charge in [-0.25, -0.2) is 9.69 Å². The number of imide groups is 2. The zero-order chi connectivity index (χ0) is 25.7. The number of benzene rings is 3. The van der Waals surface area contributed by atoms with Crippen molar-refractivity contribution in [3.05, 3.63) is 93.5 Å². The number of carbonyl (C=O) groups is 3. The molecule has 0 spiro atoms. The van der Waals surface area contributed by atoms with Crippen LogP contribution in [0.2, 0.25) is 10.0 Å². The molecule has 4 rings (SSSR count). The Morgan fingerprint density at radius 1 is 0.889 bits per heavy atom. The van der Waals surface area contributed by atoms with Crippen molar-refractivity contribution in [1.29, 1.82) is 0 Å². The molecule has 0 unspecified atom stereocenters. The fourth-order valence-electron chi connectivity index (χ4n) is 3.43. The molecule has 7 nitrogen and oxygen atoms in total. The van der Waals surface area contributed by atoms with Crippen LogP contribution in [0, 0.1) is 0 Å². The van der Waals surface area contributed by atoms with Gasteiger partial charge in [0, 0.05) is 15.6 Å². The van der Waals surface area contributed by atoms with Gasteiger partial charge in [-0.1, -0.05) is 48.3 Å². The molecule has 1 aliphatic heterocycles. The highest BCUT2D eigenvalue weighted by Gasteiger charge is 2.36. The third kappa shape index (κ3) is 5.87. The molecule has 1 saturated heterocycles. The third-order valence-electron chi connectivity index (χ3n) is 5.27. The van der Waals surface area contributed by atoms with Gasteiger partial charge < -0.3 is 9.47 Å². The van der Waals surface area contributed by atoms with Gasteiger partial charge in [0.2, 0.25) is 0 Å². The predicted molar refractivity (Wildman–Crippen MR) is 138 cm³/mol. The quantitative estimate of drug-likeness (QED) is 0.287. The first-order valence-electron chi connectivity index (χ1n) is 11.2. The molecule has 4 amide bonds. The second-order valence-electron chi connectivity index (χ2n) is 7.89. The van der Waals surface area contributed by atoms with Crippen LogP contribution >= 0.6 is 23.2 Å². The number of amides is 4. The van der Waals surface area contributed by atoms with Gasteiger partial charge in [-0.15, -0.1) is 0 Å². The van der Waals surface area contributed by atoms with Crippen LogP contribution < -0.4 is 19.7 Å². The minimum atomic E-state index is -0.827. The van der Waals surface area contributed by atoms with Crippen molar-refractivity contribution >= 4 is 52.8 Å². The molecule has 3 aromatic carbocycles. The minimum absolute atomic E-state index is 0.158. The molecule has 9 heteroatoms. The second kappa shape index (κ2) is 11.3. The lowest BCUT2D eigenvalue weighted by Gasteiger charge is -2.26. The molecular formula is C27H22Cl2N2O5. The van der Waals surface area contributed by atoms with Gasteiger partial charge in [0.05, 0.1) is 12.3 Å². The molecule has 0 atom stereocenters. The van der Waals surface area contributed by atoms with Crippen LogP contribution in [0.4, 0.5) is 10.5 Å². The number of ether oxygens (including phenoxy) is 2. The molecule has 0 aliphatic carbocycles. The molecule has 0 saturated carbocycles. The Morgan fingerprint density at radius 2 is 1.56 bits per heavy atom. The van der Waals surface area contributed by atoms with E-state index in [1.54, 1.807) is 66.7 Å². The number of barbiturate groups is 1. The molecule has 0 aromatic heterocycles. The number of hydrogen-bond donors (Lipinski definition) is 1. The summed E-state index contributed by atoms with van der Waals surface area (Å²) in [6.45, 7) is 2.82. The maximum absolute atomic E-state index is 13.1. The number of nitrogens with one attached hydrogen (secondary N) is 1. The normalized spacial score (nSPS) is 14.7. The van der Waals surface area contributed by atoms with Crippen LogP contribution in [-0.4, -0.2) is 24.5 Å². The van der Waals surface area contributed by atoms with Gasteiger partial charge in [-0.05, 0) is 66.6 Å². The Morgan fingerprint density at radius 3 is 2.22 bits per heavy atom. The Balaban J connectivity index is 1.49. The van der Waals surface area contributed by atoms with Gasteiger partial charge in [0.25, 0.3) is 11.8 Å². The van der Waals surface area contributed by atoms with Crippen molar-refractivity contribution in [3.8, 4) is 11.5 Å². The molecule has 1 fully saturated rings. The van der Waals surface area contributed by atoms with E-state index in [9.17, 15) is 14.4 Å². The first kappa shape index (κ1) is 25.3. The van der Waals surface area contributed by atoms with E-state index < -0.39 is 17.8 Å². The molecule has 1 heterocycles. The molecule has 0 radical (unpaired) electrons. The van der Waals surface area contributed by atoms with Crippen LogP contribution in [0.5, 0.6) is 11.5 Å². The Labute approximate surface area is 218 Å². The van der Waals surface area contributed by atoms with Crippen molar-refractivity contribution in [1.82, 2.24) is 5.32 Å². The summed E-state index contributed by atoms with van der Waals surface area (Å²) < 4.78 is 11.3. The molecular weight excluding hydrogens is 503 g/mol. The van der Waals surface area contributed by atoms with Crippen molar-refractivity contribution in [2.45, 2.75) is 20.0 Å². The molecule has 184 valence electrons. The van der Waals surface area contributed by atoms with E-state index in [1.165, 1.54) is 6.08 Å². The van der Waals surface area contributed by atoms with Gasteiger partial charge in [0.1, 0.15) is 23.7 Å². The largest absolute Gasteiger partial charge is 0.494 e. The molecule has 3 aromatic rings. The van der Waals surface area contributed by atoms with E-state index in [0.717, 1.165) is 16.9 Å². The lowest BCUT2D eigenvalue weighted by Crippen LogP contribution is -2.54. The zero-order valence-electron chi connectivity index (χ0n) is 19.3. The highest BCUT2D eigenvalue weighted by atomic mass is 35.5. The number of carbonyl (C=O) groups excluding carboxylic acids is 3. The number of nitrogens with zero attached hydrogens (tertiary/aromatic N) is 1. The molecule has 36 heavy (non-hydrogen) atoms. The number of hydrogen-bond acceptors (Lipinski definition) is 5. The average molecular weight is 525 g/mol. The summed E-state index contributed by atoms with van der Waals surface area (Å²) in [5.41, 5.74) is 1.51. The van der Waals surface area contributed by atoms with Gasteiger partial charge in [-0.3, -0.25) is 14.9 Å². The zero-order valence-corrected chi connectivity index (χ0v) is 20.8. The van der Waals surface area contributed by atoms with E-state index in [-0.39, 0.29) is 17.9 Å². The van der Waals surface area contributed by atoms with E-state index in [0.29, 0.717) is 33.7 Å². The molecule has 1 aliphatic rings. The number of halogens is 2. The summed E-state index contributed by atoms with van der Waals surface area (Å²) in [4.78, 5) is 38.9. The second-order valence-corrected chi connectivity index (χ2v) is 8.74. The van der Waals surface area contributed by atoms with Crippen LogP contribution in [0.25, 0.3) is 6.08 Å². The summed E-state index contributed by atoms with van der Waals surface area (Å²) >= 11 is 12.1. The average Bonchev–Trinajstić information content (AvgIpc) is 2.86. The van der Waals surface area contributed by atoms with Crippen molar-refractivity contribution in [2.75, 3.05) is 11.5 Å². The van der Waals surface area contributed by atoms with Crippen LogP contribution in [0.1, 0.15) is 24.5 Å². The first-order chi connectivity index (χ1) is 17.4. The van der Waals surface area contributed by atoms with E-state index in [4.69, 9.17) is 32.7 Å². The number of urea groups is 1. The predicted octanol–water partition coefficient (Wildman–Crippen LogP) is 6.03. The summed E-state index contributed by atoms with van der Waals surface area (Å²) in [5.74, 6) is -0.285. The summed E-state index contributed by atoms with van der Waals surface area (Å²) in [6, 6.07) is 17.6. The SMILES string of the molecule is CCCOc1ccc(/C=C2\C(=O)NC(=O)N(c3ccc(OCc4ccc(Cl)cc4Cl)cc3)C2=O)cc1. The maximum Gasteiger partial charge on any atom is 0.335 e. The number of anilines is 1. The van der Waals surface area contributed by atoms with Crippen molar-refractivity contribution in [2.24, 2.45) is 0 Å². The number of rotatable bonds is 8. The van der Waals surface area contributed by atoms with E-state index in [2.05, 4.69) is 5.32 Å². The third-order valence-corrected chi connectivity index (χ3v) is 5.86. The van der Waals surface area contributed by atoms with Gasteiger partial charge >= 0.3 is 6.03 Å². The monoisotopic (exact) mass is 524 g/mol. The maximum atomic E-state index is 13.1. The summed E-state index contributed by atoms with van der Waals surface area (Å²) in [6.07, 6.45) is 2.32. The van der Waals surface area contributed by atoms with Crippen LogP contribution in [0.15, 0.2) is 72.3 Å². The highest BCUT2D eigenvalue weighted by molar-refractivity contribution is 6.39. The molecule has 1 N–H and O–H groups in total. The first-order valence-corrected chi connectivity index (χ1v) is 11.9. The Bertz CT molecular complexity index is 1320.